The molecular weight excluding hydrogens is 390 g/mol. The summed E-state index contributed by atoms with van der Waals surface area (Å²) >= 11 is 6.38. The Bertz CT molecular complexity index is 817. The molecule has 158 valence electrons. The smallest absolute Gasteiger partial charge is 0.106 e. The van der Waals surface area contributed by atoms with Crippen molar-refractivity contribution in [1.82, 2.24) is 20.0 Å². The monoisotopic (exact) mass is 419 g/mol. The second-order valence-corrected chi connectivity index (χ2v) is 8.64. The highest BCUT2D eigenvalue weighted by molar-refractivity contribution is 6.32. The minimum atomic E-state index is 0.00851. The molecule has 2 fully saturated rings. The number of piperidine rings is 1. The minimum absolute atomic E-state index is 0.00851. The number of hydrogen-bond acceptors (Lipinski definition) is 6. The van der Waals surface area contributed by atoms with Crippen molar-refractivity contribution < 1.29 is 9.47 Å². The molecule has 1 saturated heterocycles. The molecule has 2 aliphatic rings. The first-order chi connectivity index (χ1) is 14.1. The molecule has 7 nitrogen and oxygen atoms in total. The predicted molar refractivity (Wildman–Crippen MR) is 113 cm³/mol. The van der Waals surface area contributed by atoms with E-state index in [9.17, 15) is 0 Å². The summed E-state index contributed by atoms with van der Waals surface area (Å²) < 4.78 is 11.5. The summed E-state index contributed by atoms with van der Waals surface area (Å²) in [6.45, 7) is 5.81. The van der Waals surface area contributed by atoms with Crippen LogP contribution >= 0.6 is 11.6 Å². The maximum Gasteiger partial charge on any atom is 0.106 e. The van der Waals surface area contributed by atoms with Crippen LogP contribution in [0, 0.1) is 5.92 Å². The molecule has 2 aromatic rings. The molecule has 2 heterocycles. The van der Waals surface area contributed by atoms with Crippen molar-refractivity contribution in [3.63, 3.8) is 0 Å². The third-order valence-electron chi connectivity index (χ3n) is 6.22. The minimum Gasteiger partial charge on any atom is -0.382 e. The molecule has 1 aromatic carbocycles. The van der Waals surface area contributed by atoms with E-state index in [-0.39, 0.29) is 11.6 Å². The van der Waals surface area contributed by atoms with Gasteiger partial charge in [-0.15, -0.1) is 0 Å². The summed E-state index contributed by atoms with van der Waals surface area (Å²) in [5.74, 6) is 0.695. The SMILES string of the molecule is CCC(OCCOC)C12CC(C)CC(C1)N2Nc1ccc(Cl)c(-n2nccn2)c1. The quantitative estimate of drug-likeness (QED) is 0.621. The molecule has 0 radical (unpaired) electrons. The van der Waals surface area contributed by atoms with E-state index in [1.165, 1.54) is 6.42 Å². The Morgan fingerprint density at radius 1 is 1.28 bits per heavy atom. The number of nitrogens with zero attached hydrogens (tertiary/aromatic N) is 4. The number of ether oxygens (including phenoxy) is 2. The fraction of sp³-hybridized carbons (Fsp3) is 0.619. The maximum atomic E-state index is 6.38. The zero-order valence-electron chi connectivity index (χ0n) is 17.3. The molecule has 0 spiro atoms. The molecular formula is C21H30ClN5O2. The van der Waals surface area contributed by atoms with Crippen molar-refractivity contribution in [2.75, 3.05) is 25.7 Å². The number of anilines is 1. The van der Waals surface area contributed by atoms with E-state index in [1.807, 2.05) is 18.2 Å². The molecule has 29 heavy (non-hydrogen) atoms. The Labute approximate surface area is 177 Å². The lowest BCUT2D eigenvalue weighted by Crippen LogP contribution is -2.76. The third-order valence-corrected chi connectivity index (χ3v) is 6.54. The molecule has 8 heteroatoms. The van der Waals surface area contributed by atoms with Crippen LogP contribution in [0.5, 0.6) is 0 Å². The Kier molecular flexibility index (Phi) is 6.11. The van der Waals surface area contributed by atoms with E-state index in [4.69, 9.17) is 21.1 Å². The van der Waals surface area contributed by atoms with Gasteiger partial charge in [-0.3, -0.25) is 0 Å². The zero-order chi connectivity index (χ0) is 20.4. The zero-order valence-corrected chi connectivity index (χ0v) is 18.1. The molecule has 4 unspecified atom stereocenters. The number of nitrogens with one attached hydrogen (secondary N) is 1. The number of aromatic nitrogens is 3. The lowest BCUT2D eigenvalue weighted by Gasteiger charge is -2.65. The highest BCUT2D eigenvalue weighted by Gasteiger charge is 2.60. The number of rotatable bonds is 9. The summed E-state index contributed by atoms with van der Waals surface area (Å²) in [5, 5.41) is 11.5. The predicted octanol–water partition coefficient (Wildman–Crippen LogP) is 3.93. The second kappa shape index (κ2) is 8.60. The summed E-state index contributed by atoms with van der Waals surface area (Å²) in [5.41, 5.74) is 5.43. The second-order valence-electron chi connectivity index (χ2n) is 8.23. The molecule has 1 aliphatic heterocycles. The van der Waals surface area contributed by atoms with Gasteiger partial charge in [-0.2, -0.15) is 15.0 Å². The molecule has 1 N–H and O–H groups in total. The van der Waals surface area contributed by atoms with Gasteiger partial charge < -0.3 is 14.9 Å². The van der Waals surface area contributed by atoms with Crippen LogP contribution in [0.25, 0.3) is 5.69 Å². The van der Waals surface area contributed by atoms with E-state index in [1.54, 1.807) is 24.3 Å². The van der Waals surface area contributed by atoms with Gasteiger partial charge in [-0.25, -0.2) is 5.01 Å². The Morgan fingerprint density at radius 3 is 2.79 bits per heavy atom. The van der Waals surface area contributed by atoms with Gasteiger partial charge in [0, 0.05) is 13.2 Å². The van der Waals surface area contributed by atoms with Crippen LogP contribution in [0.15, 0.2) is 30.6 Å². The van der Waals surface area contributed by atoms with Crippen LogP contribution in [-0.4, -0.2) is 58.0 Å². The fourth-order valence-electron chi connectivity index (χ4n) is 5.13. The standard InChI is InChI=1S/C21H30ClN5O2/c1-4-20(29-10-9-28-3)21-13-15(2)11-17(14-21)26(21)25-16-5-6-18(22)19(12-16)27-23-7-8-24-27/h5-8,12,15,17,20,25H,4,9-11,13-14H2,1-3H3. The van der Waals surface area contributed by atoms with Crippen molar-refractivity contribution in [3.8, 4) is 5.69 Å². The lowest BCUT2D eigenvalue weighted by atomic mass is 9.62. The number of fused-ring (bicyclic) bond motifs is 2. The highest BCUT2D eigenvalue weighted by atomic mass is 35.5. The van der Waals surface area contributed by atoms with E-state index < -0.39 is 0 Å². The molecule has 0 amide bonds. The van der Waals surface area contributed by atoms with Crippen molar-refractivity contribution in [2.24, 2.45) is 5.92 Å². The van der Waals surface area contributed by atoms with Gasteiger partial charge >= 0.3 is 0 Å². The van der Waals surface area contributed by atoms with Gasteiger partial charge in [0.2, 0.25) is 0 Å². The van der Waals surface area contributed by atoms with E-state index in [0.717, 1.165) is 30.6 Å². The Morgan fingerprint density at radius 2 is 2.07 bits per heavy atom. The average molecular weight is 420 g/mol. The highest BCUT2D eigenvalue weighted by Crippen LogP contribution is 2.52. The van der Waals surface area contributed by atoms with Crippen LogP contribution < -0.4 is 5.43 Å². The average Bonchev–Trinajstić information content (AvgIpc) is 3.24. The molecule has 1 aliphatic carbocycles. The number of halogens is 1. The fourth-order valence-corrected chi connectivity index (χ4v) is 5.33. The maximum absolute atomic E-state index is 6.38. The summed E-state index contributed by atoms with van der Waals surface area (Å²) in [6, 6.07) is 6.41. The number of benzene rings is 1. The largest absolute Gasteiger partial charge is 0.382 e. The van der Waals surface area contributed by atoms with Crippen molar-refractivity contribution in [2.45, 2.75) is 57.2 Å². The first kappa shape index (κ1) is 20.6. The summed E-state index contributed by atoms with van der Waals surface area (Å²) in [6.07, 6.45) is 7.93. The van der Waals surface area contributed by atoms with E-state index >= 15 is 0 Å². The van der Waals surface area contributed by atoms with Crippen LogP contribution in [0.4, 0.5) is 5.69 Å². The van der Waals surface area contributed by atoms with Gasteiger partial charge in [-0.05, 0) is 49.8 Å². The number of hydrogen-bond donors (Lipinski definition) is 1. The van der Waals surface area contributed by atoms with Crippen LogP contribution in [0.2, 0.25) is 5.02 Å². The van der Waals surface area contributed by atoms with Gasteiger partial charge in [0.25, 0.3) is 0 Å². The van der Waals surface area contributed by atoms with Crippen molar-refractivity contribution in [1.29, 1.82) is 0 Å². The third kappa shape index (κ3) is 3.89. The summed E-state index contributed by atoms with van der Waals surface area (Å²) in [4.78, 5) is 1.55. The van der Waals surface area contributed by atoms with Crippen molar-refractivity contribution in [3.05, 3.63) is 35.6 Å². The van der Waals surface area contributed by atoms with Crippen LogP contribution in [0.3, 0.4) is 0 Å². The number of methoxy groups -OCH3 is 1. The molecule has 1 aromatic heterocycles. The van der Waals surface area contributed by atoms with Gasteiger partial charge in [0.15, 0.2) is 0 Å². The normalized spacial score (nSPS) is 27.4. The topological polar surface area (TPSA) is 64.4 Å². The Balaban J connectivity index is 1.56. The first-order valence-corrected chi connectivity index (χ1v) is 10.8. The van der Waals surface area contributed by atoms with E-state index in [2.05, 4.69) is 34.5 Å². The molecule has 4 rings (SSSR count). The van der Waals surface area contributed by atoms with Crippen molar-refractivity contribution >= 4 is 17.3 Å². The molecule has 4 atom stereocenters. The molecule has 2 bridgehead atoms. The lowest BCUT2D eigenvalue weighted by molar-refractivity contribution is -0.189. The van der Waals surface area contributed by atoms with Gasteiger partial charge in [0.05, 0.1) is 48.0 Å². The van der Waals surface area contributed by atoms with Crippen LogP contribution in [-0.2, 0) is 9.47 Å². The Hall–Kier alpha value is -1.67. The van der Waals surface area contributed by atoms with Gasteiger partial charge in [0.1, 0.15) is 5.69 Å². The van der Waals surface area contributed by atoms with E-state index in [0.29, 0.717) is 30.2 Å². The number of hydrazine groups is 1. The van der Waals surface area contributed by atoms with Gasteiger partial charge in [-0.1, -0.05) is 25.4 Å². The van der Waals surface area contributed by atoms with Crippen LogP contribution in [0.1, 0.15) is 39.5 Å². The first-order valence-electron chi connectivity index (χ1n) is 10.4. The molecule has 1 saturated carbocycles. The summed E-state index contributed by atoms with van der Waals surface area (Å²) in [7, 11) is 1.71.